The Morgan fingerprint density at radius 1 is 1.14 bits per heavy atom. The third-order valence-electron chi connectivity index (χ3n) is 4.64. The Kier molecular flexibility index (Phi) is 5.83. The van der Waals surface area contributed by atoms with Crippen molar-refractivity contribution in [3.8, 4) is 0 Å². The highest BCUT2D eigenvalue weighted by Crippen LogP contribution is 2.33. The zero-order chi connectivity index (χ0) is 15.2. The highest BCUT2D eigenvalue weighted by molar-refractivity contribution is 5.57. The van der Waals surface area contributed by atoms with Gasteiger partial charge in [0.25, 0.3) is 0 Å². The Morgan fingerprint density at radius 2 is 1.86 bits per heavy atom. The van der Waals surface area contributed by atoms with Gasteiger partial charge >= 0.3 is 0 Å². The summed E-state index contributed by atoms with van der Waals surface area (Å²) in [4.78, 5) is 8.90. The van der Waals surface area contributed by atoms with Crippen LogP contribution >= 0.6 is 0 Å². The van der Waals surface area contributed by atoms with Crippen LogP contribution in [0.3, 0.4) is 0 Å². The van der Waals surface area contributed by atoms with Gasteiger partial charge in [-0.15, -0.1) is 0 Å². The van der Waals surface area contributed by atoms with Crippen LogP contribution < -0.4 is 10.6 Å². The van der Waals surface area contributed by atoms with Gasteiger partial charge < -0.3 is 10.6 Å². The monoisotopic (exact) mass is 290 g/mol. The lowest BCUT2D eigenvalue weighted by atomic mass is 9.78. The van der Waals surface area contributed by atoms with E-state index in [9.17, 15) is 0 Å². The minimum Gasteiger partial charge on any atom is -0.370 e. The van der Waals surface area contributed by atoms with E-state index in [4.69, 9.17) is 0 Å². The summed E-state index contributed by atoms with van der Waals surface area (Å²) in [6, 6.07) is 0.549. The molecule has 0 aliphatic heterocycles. The van der Waals surface area contributed by atoms with Crippen LogP contribution in [0.25, 0.3) is 0 Å². The molecule has 0 spiro atoms. The molecule has 1 aliphatic carbocycles. The molecule has 0 bridgehead atoms. The van der Waals surface area contributed by atoms with E-state index in [0.29, 0.717) is 6.04 Å². The minimum absolute atomic E-state index is 0.549. The maximum Gasteiger partial charge on any atom is 0.134 e. The summed E-state index contributed by atoms with van der Waals surface area (Å²) in [6.07, 6.45) is 7.91. The standard InChI is InChI=1S/C17H30N4/c1-5-13-16(18-6-2)19-11-20-17(13)21-15-10-8-7-9-14(15)12(3)4/h11-12,14-15H,5-10H2,1-4H3,(H2,18,19,20,21). The van der Waals surface area contributed by atoms with E-state index < -0.39 is 0 Å². The topological polar surface area (TPSA) is 49.8 Å². The van der Waals surface area contributed by atoms with E-state index in [0.717, 1.165) is 36.4 Å². The van der Waals surface area contributed by atoms with Crippen molar-refractivity contribution in [3.05, 3.63) is 11.9 Å². The molecule has 4 heteroatoms. The van der Waals surface area contributed by atoms with Gasteiger partial charge in [-0.05, 0) is 38.0 Å². The summed E-state index contributed by atoms with van der Waals surface area (Å²) in [6.45, 7) is 9.85. The predicted octanol–water partition coefficient (Wildman–Crippen LogP) is 4.10. The fourth-order valence-electron chi connectivity index (χ4n) is 3.50. The zero-order valence-electron chi connectivity index (χ0n) is 13.9. The van der Waals surface area contributed by atoms with Crippen LogP contribution in [0.2, 0.25) is 0 Å². The average molecular weight is 290 g/mol. The number of hydrogen-bond donors (Lipinski definition) is 2. The zero-order valence-corrected chi connectivity index (χ0v) is 13.9. The molecule has 21 heavy (non-hydrogen) atoms. The molecular weight excluding hydrogens is 260 g/mol. The van der Waals surface area contributed by atoms with E-state index in [1.165, 1.54) is 31.2 Å². The van der Waals surface area contributed by atoms with Crippen LogP contribution in [-0.2, 0) is 6.42 Å². The molecule has 1 aliphatic rings. The van der Waals surface area contributed by atoms with Crippen LogP contribution in [0.15, 0.2) is 6.33 Å². The van der Waals surface area contributed by atoms with Crippen molar-refractivity contribution in [3.63, 3.8) is 0 Å². The molecule has 0 amide bonds. The van der Waals surface area contributed by atoms with E-state index in [-0.39, 0.29) is 0 Å². The van der Waals surface area contributed by atoms with Gasteiger partial charge in [-0.1, -0.05) is 33.6 Å². The van der Waals surface area contributed by atoms with Gasteiger partial charge in [0.2, 0.25) is 0 Å². The number of anilines is 2. The lowest BCUT2D eigenvalue weighted by molar-refractivity contribution is 0.253. The SMILES string of the molecule is CCNc1ncnc(NC2CCCCC2C(C)C)c1CC. The van der Waals surface area contributed by atoms with Gasteiger partial charge in [0.1, 0.15) is 18.0 Å². The van der Waals surface area contributed by atoms with E-state index in [1.807, 2.05) is 0 Å². The second kappa shape index (κ2) is 7.62. The molecule has 2 atom stereocenters. The second-order valence-corrected chi connectivity index (χ2v) is 6.38. The van der Waals surface area contributed by atoms with Crippen LogP contribution in [0.5, 0.6) is 0 Å². The quantitative estimate of drug-likeness (QED) is 0.828. The molecule has 0 radical (unpaired) electrons. The second-order valence-electron chi connectivity index (χ2n) is 6.38. The Labute approximate surface area is 129 Å². The van der Waals surface area contributed by atoms with Crippen LogP contribution in [0.4, 0.5) is 11.6 Å². The maximum atomic E-state index is 4.52. The van der Waals surface area contributed by atoms with E-state index in [1.54, 1.807) is 6.33 Å². The van der Waals surface area contributed by atoms with Crippen molar-refractivity contribution in [1.29, 1.82) is 0 Å². The predicted molar refractivity (Wildman–Crippen MR) is 89.8 cm³/mol. The Balaban J connectivity index is 2.19. The molecule has 1 aromatic rings. The van der Waals surface area contributed by atoms with Gasteiger partial charge in [-0.3, -0.25) is 0 Å². The van der Waals surface area contributed by atoms with Gasteiger partial charge in [0, 0.05) is 18.2 Å². The highest BCUT2D eigenvalue weighted by atomic mass is 15.1. The number of hydrogen-bond acceptors (Lipinski definition) is 4. The largest absolute Gasteiger partial charge is 0.370 e. The average Bonchev–Trinajstić information content (AvgIpc) is 2.48. The molecule has 2 unspecified atom stereocenters. The lowest BCUT2D eigenvalue weighted by Gasteiger charge is -2.35. The number of aromatic nitrogens is 2. The highest BCUT2D eigenvalue weighted by Gasteiger charge is 2.28. The van der Waals surface area contributed by atoms with Crippen molar-refractivity contribution in [2.24, 2.45) is 11.8 Å². The Hall–Kier alpha value is -1.32. The van der Waals surface area contributed by atoms with Gasteiger partial charge in [-0.25, -0.2) is 9.97 Å². The third kappa shape index (κ3) is 3.86. The molecule has 1 aromatic heterocycles. The lowest BCUT2D eigenvalue weighted by Crippen LogP contribution is -2.36. The first-order valence-corrected chi connectivity index (χ1v) is 8.51. The fraction of sp³-hybridized carbons (Fsp3) is 0.765. The normalized spacial score (nSPS) is 22.3. The van der Waals surface area contributed by atoms with Crippen molar-refractivity contribution < 1.29 is 0 Å². The minimum atomic E-state index is 0.549. The Bertz CT molecular complexity index is 444. The first-order valence-electron chi connectivity index (χ1n) is 8.51. The summed E-state index contributed by atoms with van der Waals surface area (Å²) in [7, 11) is 0. The summed E-state index contributed by atoms with van der Waals surface area (Å²) in [5, 5.41) is 7.09. The third-order valence-corrected chi connectivity index (χ3v) is 4.64. The molecule has 1 saturated carbocycles. The molecular formula is C17H30N4. The summed E-state index contributed by atoms with van der Waals surface area (Å²) in [5.74, 6) is 3.49. The maximum absolute atomic E-state index is 4.52. The van der Waals surface area contributed by atoms with Crippen molar-refractivity contribution in [2.75, 3.05) is 17.2 Å². The van der Waals surface area contributed by atoms with E-state index in [2.05, 4.69) is 48.3 Å². The molecule has 2 N–H and O–H groups in total. The fourth-order valence-corrected chi connectivity index (χ4v) is 3.50. The molecule has 0 saturated heterocycles. The summed E-state index contributed by atoms with van der Waals surface area (Å²) < 4.78 is 0. The first-order chi connectivity index (χ1) is 10.2. The van der Waals surface area contributed by atoms with Gasteiger partial charge in [0.05, 0.1) is 0 Å². The van der Waals surface area contributed by atoms with Gasteiger partial charge in [0.15, 0.2) is 0 Å². The molecule has 118 valence electrons. The van der Waals surface area contributed by atoms with Crippen molar-refractivity contribution >= 4 is 11.6 Å². The molecule has 1 heterocycles. The molecule has 1 fully saturated rings. The molecule has 4 nitrogen and oxygen atoms in total. The summed E-state index contributed by atoms with van der Waals surface area (Å²) >= 11 is 0. The van der Waals surface area contributed by atoms with Crippen molar-refractivity contribution in [1.82, 2.24) is 9.97 Å². The number of nitrogens with zero attached hydrogens (tertiary/aromatic N) is 2. The number of rotatable bonds is 6. The van der Waals surface area contributed by atoms with Crippen molar-refractivity contribution in [2.45, 2.75) is 65.8 Å². The number of nitrogens with one attached hydrogen (secondary N) is 2. The summed E-state index contributed by atoms with van der Waals surface area (Å²) in [5.41, 5.74) is 1.22. The van der Waals surface area contributed by atoms with Crippen LogP contribution in [0.1, 0.15) is 58.9 Å². The molecule has 2 rings (SSSR count). The van der Waals surface area contributed by atoms with Crippen LogP contribution in [0, 0.1) is 11.8 Å². The van der Waals surface area contributed by atoms with E-state index >= 15 is 0 Å². The smallest absolute Gasteiger partial charge is 0.134 e. The Morgan fingerprint density at radius 3 is 2.52 bits per heavy atom. The van der Waals surface area contributed by atoms with Crippen LogP contribution in [-0.4, -0.2) is 22.6 Å². The first kappa shape index (κ1) is 16.1. The van der Waals surface area contributed by atoms with Gasteiger partial charge in [-0.2, -0.15) is 0 Å². The molecule has 0 aromatic carbocycles.